The van der Waals surface area contributed by atoms with E-state index < -0.39 is 0 Å². The second kappa shape index (κ2) is 14.3. The molecule has 29 heavy (non-hydrogen) atoms. The van der Waals surface area contributed by atoms with Gasteiger partial charge in [0.2, 0.25) is 0 Å². The zero-order valence-electron chi connectivity index (χ0n) is 18.1. The molecular weight excluding hydrogens is 376 g/mol. The van der Waals surface area contributed by atoms with E-state index in [1.807, 2.05) is 43.0 Å². The maximum Gasteiger partial charge on any atom is 0.338 e. The zero-order chi connectivity index (χ0) is 20.7. The molecule has 2 nitrogen and oxygen atoms in total. The molecule has 0 aliphatic rings. The third-order valence-corrected chi connectivity index (χ3v) is 6.20. The summed E-state index contributed by atoms with van der Waals surface area (Å²) in [5.74, 6) is 0.936. The molecule has 0 unspecified atom stereocenters. The summed E-state index contributed by atoms with van der Waals surface area (Å²) < 4.78 is 5.04. The van der Waals surface area contributed by atoms with Gasteiger partial charge in [0.15, 0.2) is 0 Å². The molecule has 0 aliphatic heterocycles. The van der Waals surface area contributed by atoms with E-state index in [2.05, 4.69) is 31.2 Å². The second-order valence-electron chi connectivity index (χ2n) is 7.50. The topological polar surface area (TPSA) is 26.3 Å². The molecule has 0 radical (unpaired) electrons. The SMILES string of the molecule is CCCCCCCCCCCSc1ccc(-c2ccc(C(=O)OCC)cc2)cc1. The second-order valence-corrected chi connectivity index (χ2v) is 8.67. The lowest BCUT2D eigenvalue weighted by Crippen LogP contribution is -2.03. The molecular formula is C26H36O2S. The highest BCUT2D eigenvalue weighted by molar-refractivity contribution is 7.99. The summed E-state index contributed by atoms with van der Waals surface area (Å²) in [5.41, 5.74) is 2.89. The molecule has 0 aliphatic carbocycles. The van der Waals surface area contributed by atoms with Gasteiger partial charge in [-0.05, 0) is 54.5 Å². The first kappa shape index (κ1) is 23.5. The van der Waals surface area contributed by atoms with E-state index in [-0.39, 0.29) is 5.97 Å². The number of esters is 1. The first-order valence-corrected chi connectivity index (χ1v) is 12.2. The maximum atomic E-state index is 11.7. The highest BCUT2D eigenvalue weighted by Gasteiger charge is 2.06. The first-order valence-electron chi connectivity index (χ1n) is 11.2. The number of carbonyl (C=O) groups excluding carboxylic acids is 1. The summed E-state index contributed by atoms with van der Waals surface area (Å²) in [6, 6.07) is 16.4. The lowest BCUT2D eigenvalue weighted by atomic mass is 10.0. The van der Waals surface area contributed by atoms with Crippen molar-refractivity contribution in [2.24, 2.45) is 0 Å². The van der Waals surface area contributed by atoms with Crippen LogP contribution in [0.3, 0.4) is 0 Å². The van der Waals surface area contributed by atoms with Crippen molar-refractivity contribution in [3.63, 3.8) is 0 Å². The molecule has 2 rings (SSSR count). The van der Waals surface area contributed by atoms with Gasteiger partial charge in [0.25, 0.3) is 0 Å². The molecule has 0 bridgehead atoms. The number of hydrogen-bond acceptors (Lipinski definition) is 3. The number of thioether (sulfide) groups is 1. The van der Waals surface area contributed by atoms with Crippen LogP contribution < -0.4 is 0 Å². The van der Waals surface area contributed by atoms with Crippen molar-refractivity contribution in [2.45, 2.75) is 76.5 Å². The molecule has 0 atom stereocenters. The summed E-state index contributed by atoms with van der Waals surface area (Å²) in [6.07, 6.45) is 12.4. The lowest BCUT2D eigenvalue weighted by molar-refractivity contribution is 0.0526. The highest BCUT2D eigenvalue weighted by Crippen LogP contribution is 2.25. The Kier molecular flexibility index (Phi) is 11.6. The van der Waals surface area contributed by atoms with Gasteiger partial charge in [-0.15, -0.1) is 11.8 Å². The fraction of sp³-hybridized carbons (Fsp3) is 0.500. The summed E-state index contributed by atoms with van der Waals surface area (Å²) in [7, 11) is 0. The van der Waals surface area contributed by atoms with Crippen molar-refractivity contribution < 1.29 is 9.53 Å². The van der Waals surface area contributed by atoms with Gasteiger partial charge in [-0.1, -0.05) is 82.6 Å². The predicted octanol–water partition coefficient (Wildman–Crippen LogP) is 8.15. The predicted molar refractivity (Wildman–Crippen MR) is 126 cm³/mol. The molecule has 158 valence electrons. The third kappa shape index (κ3) is 9.08. The van der Waals surface area contributed by atoms with Crippen molar-refractivity contribution in [1.82, 2.24) is 0 Å². The van der Waals surface area contributed by atoms with E-state index in [4.69, 9.17) is 4.74 Å². The minimum atomic E-state index is -0.262. The minimum Gasteiger partial charge on any atom is -0.462 e. The largest absolute Gasteiger partial charge is 0.462 e. The van der Waals surface area contributed by atoms with Gasteiger partial charge in [0.1, 0.15) is 0 Å². The van der Waals surface area contributed by atoms with Gasteiger partial charge in [-0.3, -0.25) is 0 Å². The summed E-state index contributed by atoms with van der Waals surface area (Å²) >= 11 is 1.95. The van der Waals surface area contributed by atoms with Gasteiger partial charge >= 0.3 is 5.97 Å². The van der Waals surface area contributed by atoms with E-state index in [0.29, 0.717) is 12.2 Å². The normalized spacial score (nSPS) is 10.8. The molecule has 0 fully saturated rings. The van der Waals surface area contributed by atoms with Crippen molar-refractivity contribution in [2.75, 3.05) is 12.4 Å². The number of hydrogen-bond donors (Lipinski definition) is 0. The van der Waals surface area contributed by atoms with E-state index in [0.717, 1.165) is 5.56 Å². The fourth-order valence-electron chi connectivity index (χ4n) is 3.36. The monoisotopic (exact) mass is 412 g/mol. The summed E-state index contributed by atoms with van der Waals surface area (Å²) in [6.45, 7) is 4.50. The zero-order valence-corrected chi connectivity index (χ0v) is 18.9. The fourth-order valence-corrected chi connectivity index (χ4v) is 4.27. The van der Waals surface area contributed by atoms with Crippen LogP contribution in [0.25, 0.3) is 11.1 Å². The molecule has 0 saturated carbocycles. The Labute approximate surface area is 181 Å². The van der Waals surface area contributed by atoms with E-state index in [1.54, 1.807) is 0 Å². The van der Waals surface area contributed by atoms with Crippen LogP contribution in [0.1, 0.15) is 82.0 Å². The highest BCUT2D eigenvalue weighted by atomic mass is 32.2. The van der Waals surface area contributed by atoms with Crippen molar-refractivity contribution in [3.8, 4) is 11.1 Å². The lowest BCUT2D eigenvalue weighted by Gasteiger charge is -2.06. The molecule has 0 saturated heterocycles. The van der Waals surface area contributed by atoms with Crippen LogP contribution in [0.4, 0.5) is 0 Å². The number of benzene rings is 2. The van der Waals surface area contributed by atoms with Gasteiger partial charge in [-0.2, -0.15) is 0 Å². The number of carbonyl (C=O) groups is 1. The average Bonchev–Trinajstić information content (AvgIpc) is 2.76. The van der Waals surface area contributed by atoms with Crippen molar-refractivity contribution in [3.05, 3.63) is 54.1 Å². The van der Waals surface area contributed by atoms with Crippen molar-refractivity contribution >= 4 is 17.7 Å². The molecule has 0 N–H and O–H groups in total. The van der Waals surface area contributed by atoms with Crippen LogP contribution in [0.2, 0.25) is 0 Å². The average molecular weight is 413 g/mol. The smallest absolute Gasteiger partial charge is 0.338 e. The quantitative estimate of drug-likeness (QED) is 0.178. The third-order valence-electron chi connectivity index (χ3n) is 5.10. The van der Waals surface area contributed by atoms with Crippen molar-refractivity contribution in [1.29, 1.82) is 0 Å². The molecule has 0 heterocycles. The van der Waals surface area contributed by atoms with E-state index in [1.165, 1.54) is 74.0 Å². The minimum absolute atomic E-state index is 0.262. The van der Waals surface area contributed by atoms with Crippen LogP contribution in [0.15, 0.2) is 53.4 Å². The molecule has 2 aromatic carbocycles. The van der Waals surface area contributed by atoms with E-state index >= 15 is 0 Å². The Hall–Kier alpha value is -1.74. The Morgan fingerprint density at radius 1 is 0.724 bits per heavy atom. The Balaban J connectivity index is 1.66. The Bertz CT molecular complexity index is 692. The first-order chi connectivity index (χ1) is 14.2. The van der Waals surface area contributed by atoms with Gasteiger partial charge in [-0.25, -0.2) is 4.79 Å². The van der Waals surface area contributed by atoms with Crippen LogP contribution >= 0.6 is 11.8 Å². The van der Waals surface area contributed by atoms with Gasteiger partial charge < -0.3 is 4.74 Å². The van der Waals surface area contributed by atoms with Crippen LogP contribution in [-0.4, -0.2) is 18.3 Å². The molecule has 0 aromatic heterocycles. The van der Waals surface area contributed by atoms with E-state index in [9.17, 15) is 4.79 Å². The molecule has 0 amide bonds. The molecule has 3 heteroatoms. The standard InChI is InChI=1S/C26H36O2S/c1-3-5-6-7-8-9-10-11-12-21-29-25-19-17-23(18-20-25)22-13-15-24(16-14-22)26(27)28-4-2/h13-20H,3-12,21H2,1-2H3. The Morgan fingerprint density at radius 3 is 1.79 bits per heavy atom. The molecule has 0 spiro atoms. The Morgan fingerprint density at radius 2 is 1.24 bits per heavy atom. The van der Waals surface area contributed by atoms with Crippen LogP contribution in [0, 0.1) is 0 Å². The summed E-state index contributed by atoms with van der Waals surface area (Å²) in [5, 5.41) is 0. The van der Waals surface area contributed by atoms with Gasteiger partial charge in [0, 0.05) is 4.90 Å². The summed E-state index contributed by atoms with van der Waals surface area (Å²) in [4.78, 5) is 13.1. The van der Waals surface area contributed by atoms with Crippen LogP contribution in [-0.2, 0) is 4.74 Å². The maximum absolute atomic E-state index is 11.7. The molecule has 2 aromatic rings. The number of ether oxygens (including phenoxy) is 1. The van der Waals surface area contributed by atoms with Gasteiger partial charge in [0.05, 0.1) is 12.2 Å². The van der Waals surface area contributed by atoms with Crippen LogP contribution in [0.5, 0.6) is 0 Å². The number of rotatable bonds is 14. The number of unbranched alkanes of at least 4 members (excludes halogenated alkanes) is 8.